The predicted molar refractivity (Wildman–Crippen MR) is 206 cm³/mol. The zero-order valence-electron chi connectivity index (χ0n) is 26.3. The van der Waals surface area contributed by atoms with Gasteiger partial charge in [0.2, 0.25) is 0 Å². The molecule has 0 aliphatic carbocycles. The molecule has 228 valence electrons. The van der Waals surface area contributed by atoms with Crippen molar-refractivity contribution in [3.8, 4) is 0 Å². The molecule has 0 aromatic heterocycles. The van der Waals surface area contributed by atoms with E-state index < -0.39 is 22.1 Å². The second kappa shape index (κ2) is 16.6. The number of rotatable bonds is 2. The normalized spacial score (nSPS) is 19.5. The molecule has 2 aliphatic rings. The van der Waals surface area contributed by atoms with Gasteiger partial charge in [0, 0.05) is 22.4 Å². The van der Waals surface area contributed by atoms with Gasteiger partial charge in [0.1, 0.15) is 0 Å². The second-order valence-corrected chi connectivity index (χ2v) is 22.9. The van der Waals surface area contributed by atoms with Gasteiger partial charge < -0.3 is 18.6 Å². The fourth-order valence-corrected chi connectivity index (χ4v) is 8.80. The molecule has 0 unspecified atom stereocenters. The first-order valence-corrected chi connectivity index (χ1v) is 21.9. The smallest absolute Gasteiger partial charge is 0.405 e. The van der Waals surface area contributed by atoms with E-state index in [-0.39, 0.29) is 30.7 Å². The second-order valence-electron chi connectivity index (χ2n) is 12.9. The van der Waals surface area contributed by atoms with E-state index in [1.165, 1.54) is 5.19 Å². The minimum atomic E-state index is -1.16. The molecule has 2 aliphatic heterocycles. The molecule has 2 aromatic rings. The minimum Gasteiger partial charge on any atom is -0.405 e. The standard InChI is InChI=1S/C12H24B2O4.C9H12Br2Si.C6H3Br3.B2HP/c1-9(2)10(3,4)16-13(15-9)14-17-11(5,6)12(7,8)18-14;1-12(2,3)9-5-7(10)4-8(11)6-9;7-4-1-5(8)3-6(9)2-4;1-3-2/h1-8H3;4-6H,1-3H3;1-3H;3H. The molecular weight excluding hydrogens is 890 g/mol. The van der Waals surface area contributed by atoms with E-state index in [0.29, 0.717) is 0 Å². The van der Waals surface area contributed by atoms with Crippen LogP contribution in [0.2, 0.25) is 19.6 Å². The van der Waals surface area contributed by atoms with E-state index in [1.807, 2.05) is 73.6 Å². The molecule has 2 heterocycles. The van der Waals surface area contributed by atoms with Crippen LogP contribution in [0, 0.1) is 0 Å². The highest BCUT2D eigenvalue weighted by Crippen LogP contribution is 2.43. The predicted octanol–water partition coefficient (Wildman–Crippen LogP) is 9.81. The van der Waals surface area contributed by atoms with Gasteiger partial charge in [-0.1, -0.05) is 104 Å². The van der Waals surface area contributed by atoms with Gasteiger partial charge in [-0.25, -0.2) is 8.34 Å². The van der Waals surface area contributed by atoms with E-state index in [2.05, 4.69) is 133 Å². The van der Waals surface area contributed by atoms with Crippen LogP contribution in [-0.4, -0.2) is 59.6 Å². The average Bonchev–Trinajstić information content (AvgIpc) is 3.12. The van der Waals surface area contributed by atoms with Crippen LogP contribution in [0.4, 0.5) is 0 Å². The van der Waals surface area contributed by atoms with Gasteiger partial charge in [-0.2, -0.15) is 0 Å². The Bertz CT molecular complexity index is 1050. The first-order valence-electron chi connectivity index (χ1n) is 13.3. The molecule has 0 saturated carbocycles. The van der Waals surface area contributed by atoms with Crippen LogP contribution < -0.4 is 5.19 Å². The first kappa shape index (κ1) is 41.6. The van der Waals surface area contributed by atoms with Crippen molar-refractivity contribution in [2.75, 3.05) is 0 Å². The van der Waals surface area contributed by atoms with E-state index in [9.17, 15) is 0 Å². The van der Waals surface area contributed by atoms with E-state index >= 15 is 0 Å². The number of hydrogen-bond donors (Lipinski definition) is 0. The third-order valence-electron chi connectivity index (χ3n) is 7.32. The van der Waals surface area contributed by atoms with Crippen molar-refractivity contribution in [2.45, 2.75) is 97.4 Å². The summed E-state index contributed by atoms with van der Waals surface area (Å²) in [5.41, 5.74) is -1.44. The summed E-state index contributed by atoms with van der Waals surface area (Å²) in [5, 5.41) is 1.48. The van der Waals surface area contributed by atoms with E-state index in [0.717, 1.165) is 22.4 Å². The van der Waals surface area contributed by atoms with Crippen LogP contribution in [-0.2, 0) is 18.6 Å². The largest absolute Gasteiger partial charge is 0.488 e. The summed E-state index contributed by atoms with van der Waals surface area (Å²) in [6.45, 7) is 23.3. The lowest BCUT2D eigenvalue weighted by Crippen LogP contribution is -2.41. The molecule has 42 heavy (non-hydrogen) atoms. The van der Waals surface area contributed by atoms with Crippen LogP contribution in [0.1, 0.15) is 55.4 Å². The van der Waals surface area contributed by atoms with Gasteiger partial charge in [0.25, 0.3) is 0 Å². The summed E-state index contributed by atoms with van der Waals surface area (Å²) in [6, 6.07) is 12.5. The molecule has 4 rings (SSSR count). The van der Waals surface area contributed by atoms with Crippen molar-refractivity contribution in [2.24, 2.45) is 0 Å². The maximum absolute atomic E-state index is 5.96. The van der Waals surface area contributed by atoms with Crippen molar-refractivity contribution < 1.29 is 18.6 Å². The van der Waals surface area contributed by atoms with Crippen molar-refractivity contribution in [1.82, 2.24) is 0 Å². The molecule has 2 aromatic carbocycles. The zero-order chi connectivity index (χ0) is 32.9. The lowest BCUT2D eigenvalue weighted by Gasteiger charge is -2.32. The molecule has 4 nitrogen and oxygen atoms in total. The van der Waals surface area contributed by atoms with Crippen molar-refractivity contribution in [3.05, 3.63) is 58.8 Å². The molecule has 0 atom stereocenters. The van der Waals surface area contributed by atoms with E-state index in [1.54, 1.807) is 0 Å². The van der Waals surface area contributed by atoms with Gasteiger partial charge >= 0.3 is 14.0 Å². The number of halogens is 5. The molecule has 0 spiro atoms. The van der Waals surface area contributed by atoms with Gasteiger partial charge in [-0.05, 0) is 91.8 Å². The topological polar surface area (TPSA) is 36.9 Å². The lowest BCUT2D eigenvalue weighted by molar-refractivity contribution is 0.00578. The Hall–Kier alpha value is 1.59. The summed E-state index contributed by atoms with van der Waals surface area (Å²) in [5.74, 6) is 0. The highest BCUT2D eigenvalue weighted by atomic mass is 79.9. The Labute approximate surface area is 302 Å². The Morgan fingerprint density at radius 1 is 0.524 bits per heavy atom. The minimum absolute atomic E-state index is 0.0833. The fraction of sp³-hybridized carbons (Fsp3) is 0.556. The third kappa shape index (κ3) is 12.7. The molecule has 0 bridgehead atoms. The van der Waals surface area contributed by atoms with Crippen LogP contribution in [0.15, 0.2) is 58.8 Å². The third-order valence-corrected chi connectivity index (χ3v) is 11.6. The van der Waals surface area contributed by atoms with Crippen molar-refractivity contribution in [1.29, 1.82) is 0 Å². The zero-order valence-corrected chi connectivity index (χ0v) is 36.2. The number of hydrogen-bond acceptors (Lipinski definition) is 4. The summed E-state index contributed by atoms with van der Waals surface area (Å²) >= 11 is 17.1. The van der Waals surface area contributed by atoms with Crippen LogP contribution in [0.5, 0.6) is 0 Å². The average molecular weight is 930 g/mol. The van der Waals surface area contributed by atoms with E-state index in [4.69, 9.17) is 18.6 Å². The Morgan fingerprint density at radius 3 is 0.905 bits per heavy atom. The lowest BCUT2D eigenvalue weighted by atomic mass is 9.49. The van der Waals surface area contributed by atoms with Gasteiger partial charge in [-0.3, -0.25) is 0 Å². The molecule has 0 N–H and O–H groups in total. The number of benzene rings is 2. The summed E-state index contributed by atoms with van der Waals surface area (Å²) in [6.07, 6.45) is 0. The van der Waals surface area contributed by atoms with Gasteiger partial charge in [-0.15, -0.1) is 0 Å². The van der Waals surface area contributed by atoms with Crippen molar-refractivity contribution in [3.63, 3.8) is 0 Å². The molecule has 2 saturated heterocycles. The molecular formula is C27H40B4Br5O4PSi. The van der Waals surface area contributed by atoms with Gasteiger partial charge in [0.05, 0.1) is 45.6 Å². The fourth-order valence-electron chi connectivity index (χ4n) is 3.51. The monoisotopic (exact) mass is 926 g/mol. The molecule has 2 fully saturated rings. The van der Waals surface area contributed by atoms with Gasteiger partial charge in [0.15, 0.2) is 0 Å². The van der Waals surface area contributed by atoms with Crippen LogP contribution in [0.25, 0.3) is 0 Å². The SMILES string of the molecule is Brc1cc(Br)cc(Br)c1.CC1(C)OB(B2OC(C)(C)C(C)(C)O2)OC1(C)C.C[Si](C)(C)c1cc(Br)cc(Br)c1.[B]P[B]. The maximum Gasteiger partial charge on any atom is 0.488 e. The summed E-state index contributed by atoms with van der Waals surface area (Å²) in [4.78, 5) is 0. The molecule has 4 radical (unpaired) electrons. The molecule has 0 amide bonds. The quantitative estimate of drug-likeness (QED) is 0.222. The van der Waals surface area contributed by atoms with Crippen molar-refractivity contribution >= 4 is 130 Å². The van der Waals surface area contributed by atoms with Crippen LogP contribution in [0.3, 0.4) is 0 Å². The summed E-state index contributed by atoms with van der Waals surface area (Å²) < 4.78 is 29.4. The van der Waals surface area contributed by atoms with Crippen LogP contribution >= 0.6 is 88.0 Å². The maximum atomic E-state index is 5.96. The Kier molecular flexibility index (Phi) is 16.5. The summed E-state index contributed by atoms with van der Waals surface area (Å²) in [7, 11) is 7.28. The first-order chi connectivity index (χ1) is 18.9. The Balaban J connectivity index is 0.000000318. The highest BCUT2D eigenvalue weighted by Gasteiger charge is 2.63. The molecule has 15 heteroatoms. The Morgan fingerprint density at radius 2 is 0.714 bits per heavy atom. The highest BCUT2D eigenvalue weighted by molar-refractivity contribution is 9.11.